The van der Waals surface area contributed by atoms with Crippen LogP contribution in [0.25, 0.3) is 0 Å². The normalized spacial score (nSPS) is 13.5. The Bertz CT molecular complexity index is 1230. The number of benzene rings is 2. The van der Waals surface area contributed by atoms with Crippen molar-refractivity contribution in [2.45, 2.75) is 72.5 Å². The molecule has 2 aliphatic rings. The predicted octanol–water partition coefficient (Wildman–Crippen LogP) is 1.39. The molecule has 2 aliphatic heterocycles. The van der Waals surface area contributed by atoms with E-state index in [2.05, 4.69) is 5.32 Å². The Hall–Kier alpha value is -3.50. The van der Waals surface area contributed by atoms with Gasteiger partial charge in [0, 0.05) is 52.2 Å². The molecular formula is C31H48BF3N6O5. The maximum Gasteiger partial charge on any atom is 0.491 e. The highest BCUT2D eigenvalue weighted by Gasteiger charge is 2.31. The maximum atomic E-state index is 11.9. The van der Waals surface area contributed by atoms with E-state index in [-0.39, 0.29) is 18.2 Å². The van der Waals surface area contributed by atoms with E-state index in [1.165, 1.54) is 17.7 Å². The van der Waals surface area contributed by atoms with Crippen LogP contribution in [0.15, 0.2) is 36.4 Å². The minimum Gasteiger partial charge on any atom is -0.423 e. The van der Waals surface area contributed by atoms with E-state index in [1.54, 1.807) is 16.7 Å². The minimum atomic E-state index is -4.21. The van der Waals surface area contributed by atoms with Gasteiger partial charge < -0.3 is 42.0 Å². The molecule has 11 nitrogen and oxygen atoms in total. The number of aryl methyl sites for hydroxylation is 1. The lowest BCUT2D eigenvalue weighted by molar-refractivity contribution is -0.137. The first kappa shape index (κ1) is 40.5. The van der Waals surface area contributed by atoms with Gasteiger partial charge in [-0.3, -0.25) is 14.4 Å². The molecule has 2 heterocycles. The number of likely N-dealkylation sites (N-methyl/N-ethyl adjacent to an activating group) is 1. The van der Waals surface area contributed by atoms with Gasteiger partial charge in [0.2, 0.25) is 18.2 Å². The molecule has 4 rings (SSSR count). The van der Waals surface area contributed by atoms with Crippen molar-refractivity contribution in [3.8, 4) is 0 Å². The monoisotopic (exact) mass is 652 g/mol. The molecular weight excluding hydrogens is 604 g/mol. The van der Waals surface area contributed by atoms with E-state index in [0.29, 0.717) is 58.8 Å². The van der Waals surface area contributed by atoms with Crippen molar-refractivity contribution in [3.05, 3.63) is 64.2 Å². The third kappa shape index (κ3) is 13.1. The van der Waals surface area contributed by atoms with Crippen molar-refractivity contribution in [2.75, 3.05) is 32.7 Å². The van der Waals surface area contributed by atoms with E-state index in [0.717, 1.165) is 40.7 Å². The van der Waals surface area contributed by atoms with Gasteiger partial charge in [-0.05, 0) is 54.6 Å². The summed E-state index contributed by atoms with van der Waals surface area (Å²) in [6.45, 7) is 11.6. The summed E-state index contributed by atoms with van der Waals surface area (Å²) in [6, 6.07) is 8.39. The van der Waals surface area contributed by atoms with Gasteiger partial charge in [-0.1, -0.05) is 43.7 Å². The van der Waals surface area contributed by atoms with Crippen LogP contribution in [0.3, 0.4) is 0 Å². The fourth-order valence-electron chi connectivity index (χ4n) is 4.52. The molecule has 0 saturated carbocycles. The third-order valence-corrected chi connectivity index (χ3v) is 6.91. The summed E-state index contributed by atoms with van der Waals surface area (Å²) >= 11 is 0. The zero-order valence-corrected chi connectivity index (χ0v) is 27.1. The molecule has 8 N–H and O–H groups in total. The first-order chi connectivity index (χ1) is 21.8. The Morgan fingerprint density at radius 1 is 1.09 bits per heavy atom. The molecule has 2 aromatic carbocycles. The minimum absolute atomic E-state index is 0.0642. The van der Waals surface area contributed by atoms with E-state index in [9.17, 15) is 32.6 Å². The highest BCUT2D eigenvalue weighted by atomic mass is 19.4. The summed E-state index contributed by atoms with van der Waals surface area (Å²) < 4.78 is 40.9. The fourth-order valence-corrected chi connectivity index (χ4v) is 4.52. The SMILES string of the molecule is CC.CCNC(=O)C(N)CCC(=O)N(CCN)CCN.Cc1ccc(C(F)(F)F)cc1.O=CN1Cc2cc3c(cc2C1)B(O)OC3. The fraction of sp³-hybridized carbons (Fsp3) is 0.516. The van der Waals surface area contributed by atoms with Crippen molar-refractivity contribution in [3.63, 3.8) is 0 Å². The average Bonchev–Trinajstić information content (AvgIpc) is 3.62. The number of carbonyl (C=O) groups excluding carboxylic acids is 3. The van der Waals surface area contributed by atoms with Gasteiger partial charge in [0.05, 0.1) is 18.2 Å². The third-order valence-electron chi connectivity index (χ3n) is 6.91. The summed E-state index contributed by atoms with van der Waals surface area (Å²) in [6.07, 6.45) is -2.79. The summed E-state index contributed by atoms with van der Waals surface area (Å²) in [5.41, 5.74) is 20.9. The molecule has 256 valence electrons. The van der Waals surface area contributed by atoms with E-state index in [4.69, 9.17) is 21.9 Å². The number of rotatable bonds is 10. The van der Waals surface area contributed by atoms with Crippen molar-refractivity contribution < 1.29 is 37.2 Å². The molecule has 3 amide bonds. The molecule has 0 spiro atoms. The van der Waals surface area contributed by atoms with Crippen LogP contribution in [0.1, 0.15) is 61.4 Å². The number of nitrogens with two attached hydrogens (primary N) is 3. The number of hydrogen-bond acceptors (Lipinski definition) is 8. The number of nitrogens with zero attached hydrogens (tertiary/aromatic N) is 2. The number of carbonyl (C=O) groups is 3. The molecule has 0 fully saturated rings. The molecule has 1 atom stereocenters. The Morgan fingerprint density at radius 3 is 2.15 bits per heavy atom. The first-order valence-electron chi connectivity index (χ1n) is 15.3. The van der Waals surface area contributed by atoms with Crippen LogP contribution < -0.4 is 28.0 Å². The highest BCUT2D eigenvalue weighted by molar-refractivity contribution is 6.61. The number of amides is 3. The van der Waals surface area contributed by atoms with Crippen LogP contribution in [0.4, 0.5) is 13.2 Å². The van der Waals surface area contributed by atoms with Gasteiger partial charge in [-0.25, -0.2) is 0 Å². The molecule has 46 heavy (non-hydrogen) atoms. The van der Waals surface area contributed by atoms with Gasteiger partial charge >= 0.3 is 13.3 Å². The van der Waals surface area contributed by atoms with Crippen molar-refractivity contribution >= 4 is 30.8 Å². The molecule has 0 saturated heterocycles. The van der Waals surface area contributed by atoms with Crippen LogP contribution in [-0.4, -0.2) is 78.9 Å². The van der Waals surface area contributed by atoms with Crippen LogP contribution in [-0.2, 0) is 44.9 Å². The van der Waals surface area contributed by atoms with Crippen molar-refractivity contribution in [2.24, 2.45) is 17.2 Å². The molecule has 0 radical (unpaired) electrons. The van der Waals surface area contributed by atoms with E-state index >= 15 is 0 Å². The number of alkyl halides is 3. The second kappa shape index (κ2) is 20.6. The topological polar surface area (TPSA) is 177 Å². The molecule has 1 unspecified atom stereocenters. The van der Waals surface area contributed by atoms with Gasteiger partial charge in [-0.2, -0.15) is 13.2 Å². The summed E-state index contributed by atoms with van der Waals surface area (Å²) in [4.78, 5) is 37.2. The quantitative estimate of drug-likeness (QED) is 0.189. The second-order valence-electron chi connectivity index (χ2n) is 10.4. The Kier molecular flexibility index (Phi) is 18.1. The zero-order chi connectivity index (χ0) is 34.9. The molecule has 15 heteroatoms. The van der Waals surface area contributed by atoms with Crippen LogP contribution in [0.5, 0.6) is 0 Å². The van der Waals surface area contributed by atoms with Crippen molar-refractivity contribution in [1.29, 1.82) is 0 Å². The highest BCUT2D eigenvalue weighted by Crippen LogP contribution is 2.29. The van der Waals surface area contributed by atoms with Crippen molar-refractivity contribution in [1.82, 2.24) is 15.1 Å². The number of halogens is 3. The molecule has 0 aromatic heterocycles. The number of hydrogen-bond donors (Lipinski definition) is 5. The Morgan fingerprint density at radius 2 is 1.65 bits per heavy atom. The predicted molar refractivity (Wildman–Crippen MR) is 172 cm³/mol. The lowest BCUT2D eigenvalue weighted by atomic mass is 9.78. The Balaban J connectivity index is 0.000000343. The lowest BCUT2D eigenvalue weighted by Gasteiger charge is -2.21. The van der Waals surface area contributed by atoms with Gasteiger partial charge in [-0.15, -0.1) is 0 Å². The second-order valence-corrected chi connectivity index (χ2v) is 10.4. The smallest absolute Gasteiger partial charge is 0.423 e. The van der Waals surface area contributed by atoms with Gasteiger partial charge in [0.25, 0.3) is 0 Å². The van der Waals surface area contributed by atoms with Crippen LogP contribution in [0.2, 0.25) is 0 Å². The largest absolute Gasteiger partial charge is 0.491 e. The lowest BCUT2D eigenvalue weighted by Crippen LogP contribution is -2.43. The van der Waals surface area contributed by atoms with Gasteiger partial charge in [0.1, 0.15) is 0 Å². The van der Waals surface area contributed by atoms with Crippen LogP contribution >= 0.6 is 0 Å². The number of fused-ring (bicyclic) bond motifs is 2. The van der Waals surface area contributed by atoms with E-state index < -0.39 is 24.9 Å². The number of nitrogens with one attached hydrogen (secondary N) is 1. The molecule has 0 aliphatic carbocycles. The zero-order valence-electron chi connectivity index (χ0n) is 27.1. The molecule has 2 aromatic rings. The first-order valence-corrected chi connectivity index (χ1v) is 15.3. The standard InChI is InChI=1S/C11H25N5O2.C10H10BNO3.C8H7F3.C2H6/c1-2-15-11(18)9(14)3-4-10(17)16(7-5-12)8-6-13;13-6-12-3-7-1-9-5-15-11(14)10(9)2-8(7)4-12;1-6-2-4-7(5-3-6)8(9,10)11;1-2/h9H,2-8,12-14H2,1H3,(H,15,18);1-2,6,14H,3-5H2;2-5H,1H3;1-2H3. The van der Waals surface area contributed by atoms with Gasteiger partial charge in [0.15, 0.2) is 0 Å². The Labute approximate surface area is 269 Å². The summed E-state index contributed by atoms with van der Waals surface area (Å²) in [7, 11) is -0.796. The molecule has 0 bridgehead atoms. The summed E-state index contributed by atoms with van der Waals surface area (Å²) in [5.74, 6) is -0.292. The average molecular weight is 653 g/mol. The summed E-state index contributed by atoms with van der Waals surface area (Å²) in [5, 5.41) is 12.2. The maximum absolute atomic E-state index is 11.9. The van der Waals surface area contributed by atoms with E-state index in [1.807, 2.05) is 32.9 Å². The van der Waals surface area contributed by atoms with Crippen LogP contribution in [0, 0.1) is 6.92 Å².